The zero-order chi connectivity index (χ0) is 13.2. The summed E-state index contributed by atoms with van der Waals surface area (Å²) in [5.41, 5.74) is 10.2. The van der Waals surface area contributed by atoms with Crippen LogP contribution in [-0.4, -0.2) is 21.8 Å². The molecule has 2 N–H and O–H groups in total. The Morgan fingerprint density at radius 1 is 1.21 bits per heavy atom. The van der Waals surface area contributed by atoms with Crippen molar-refractivity contribution in [3.63, 3.8) is 0 Å². The number of ketones is 1. The van der Waals surface area contributed by atoms with Crippen LogP contribution in [-0.2, 0) is 17.6 Å². The second-order valence-corrected chi connectivity index (χ2v) is 4.86. The fraction of sp³-hybridized carbons (Fsp3) is 0.267. The Bertz CT molecular complexity index is 610. The molecule has 1 aliphatic rings. The van der Waals surface area contributed by atoms with Crippen LogP contribution in [0, 0.1) is 0 Å². The predicted octanol–water partition coefficient (Wildman–Crippen LogP) is 1.53. The number of carbonyl (C=O) groups is 1. The van der Waals surface area contributed by atoms with Crippen molar-refractivity contribution < 1.29 is 4.79 Å². The minimum atomic E-state index is -0.340. The van der Waals surface area contributed by atoms with Crippen LogP contribution in [0.25, 0.3) is 11.1 Å². The van der Waals surface area contributed by atoms with E-state index in [-0.39, 0.29) is 11.8 Å². The number of hydrogen-bond acceptors (Lipinski definition) is 4. The van der Waals surface area contributed by atoms with E-state index in [2.05, 4.69) is 16.0 Å². The second kappa shape index (κ2) is 4.90. The van der Waals surface area contributed by atoms with E-state index < -0.39 is 0 Å². The van der Waals surface area contributed by atoms with E-state index in [1.54, 1.807) is 12.4 Å². The van der Waals surface area contributed by atoms with Gasteiger partial charge >= 0.3 is 0 Å². The summed E-state index contributed by atoms with van der Waals surface area (Å²) in [6, 6.07) is 5.77. The minimum absolute atomic E-state index is 0.114. The number of nitrogens with two attached hydrogens (primary N) is 1. The molecule has 1 unspecified atom stereocenters. The largest absolute Gasteiger partial charge is 0.321 e. The summed E-state index contributed by atoms with van der Waals surface area (Å²) in [7, 11) is 0. The molecule has 3 rings (SSSR count). The average Bonchev–Trinajstić information content (AvgIpc) is 2.60. The molecule has 0 aliphatic heterocycles. The van der Waals surface area contributed by atoms with Gasteiger partial charge < -0.3 is 5.73 Å². The fourth-order valence-corrected chi connectivity index (χ4v) is 2.56. The van der Waals surface area contributed by atoms with Crippen molar-refractivity contribution >= 4 is 5.78 Å². The first-order chi connectivity index (χ1) is 9.25. The molecular formula is C15H15N3O. The van der Waals surface area contributed by atoms with Crippen LogP contribution >= 0.6 is 0 Å². The van der Waals surface area contributed by atoms with Gasteiger partial charge in [0.25, 0.3) is 0 Å². The third kappa shape index (κ3) is 2.27. The Balaban J connectivity index is 2.12. The smallest absolute Gasteiger partial charge is 0.153 e. The van der Waals surface area contributed by atoms with Crippen LogP contribution < -0.4 is 5.73 Å². The number of nitrogens with zero attached hydrogens (tertiary/aromatic N) is 2. The maximum Gasteiger partial charge on any atom is 0.153 e. The highest BCUT2D eigenvalue weighted by atomic mass is 16.1. The summed E-state index contributed by atoms with van der Waals surface area (Å²) in [6.07, 6.45) is 7.04. The topological polar surface area (TPSA) is 68.9 Å². The van der Waals surface area contributed by atoms with Crippen molar-refractivity contribution in [2.24, 2.45) is 5.73 Å². The maximum atomic E-state index is 12.0. The molecule has 96 valence electrons. The maximum absolute atomic E-state index is 12.0. The number of Topliss-reactive ketones (excluding diaryl/α,β-unsaturated/α-hetero) is 1. The molecule has 0 bridgehead atoms. The predicted molar refractivity (Wildman–Crippen MR) is 72.5 cm³/mol. The van der Waals surface area contributed by atoms with Gasteiger partial charge in [0.2, 0.25) is 0 Å². The Morgan fingerprint density at radius 2 is 2.00 bits per heavy atom. The summed E-state index contributed by atoms with van der Waals surface area (Å²) in [5, 5.41) is 0. The Labute approximate surface area is 111 Å². The van der Waals surface area contributed by atoms with Crippen LogP contribution in [0.15, 0.2) is 36.9 Å². The SMILES string of the molecule is NC1CCc2cccc(-c3cncnc3)c2CC1=O. The van der Waals surface area contributed by atoms with Crippen LogP contribution in [0.1, 0.15) is 17.5 Å². The van der Waals surface area contributed by atoms with E-state index in [9.17, 15) is 4.79 Å². The van der Waals surface area contributed by atoms with E-state index in [0.717, 1.165) is 29.5 Å². The van der Waals surface area contributed by atoms with E-state index in [0.29, 0.717) is 6.42 Å². The highest BCUT2D eigenvalue weighted by Gasteiger charge is 2.22. The summed E-state index contributed by atoms with van der Waals surface area (Å²) >= 11 is 0. The summed E-state index contributed by atoms with van der Waals surface area (Å²) < 4.78 is 0. The van der Waals surface area contributed by atoms with Crippen molar-refractivity contribution in [1.29, 1.82) is 0 Å². The van der Waals surface area contributed by atoms with Gasteiger partial charge in [-0.05, 0) is 29.5 Å². The monoisotopic (exact) mass is 253 g/mol. The molecule has 1 heterocycles. The molecule has 4 heteroatoms. The molecule has 1 aliphatic carbocycles. The first kappa shape index (κ1) is 12.0. The van der Waals surface area contributed by atoms with Crippen molar-refractivity contribution in [2.75, 3.05) is 0 Å². The van der Waals surface area contributed by atoms with E-state index >= 15 is 0 Å². The average molecular weight is 253 g/mol. The van der Waals surface area contributed by atoms with Gasteiger partial charge in [0, 0.05) is 24.4 Å². The van der Waals surface area contributed by atoms with Gasteiger partial charge in [0.15, 0.2) is 5.78 Å². The van der Waals surface area contributed by atoms with Crippen LogP contribution in [0.3, 0.4) is 0 Å². The molecule has 1 atom stereocenters. The standard InChI is InChI=1S/C15H15N3O/c16-14-5-4-10-2-1-3-12(13(10)6-15(14)19)11-7-17-9-18-8-11/h1-3,7-9,14H,4-6,16H2. The zero-order valence-corrected chi connectivity index (χ0v) is 10.5. The van der Waals surface area contributed by atoms with Gasteiger partial charge in [0.1, 0.15) is 6.33 Å². The summed E-state index contributed by atoms with van der Waals surface area (Å²) in [4.78, 5) is 20.1. The second-order valence-electron chi connectivity index (χ2n) is 4.86. The van der Waals surface area contributed by atoms with Gasteiger partial charge in [0.05, 0.1) is 6.04 Å². The number of aryl methyl sites for hydroxylation is 1. The zero-order valence-electron chi connectivity index (χ0n) is 10.5. The Morgan fingerprint density at radius 3 is 2.79 bits per heavy atom. The van der Waals surface area contributed by atoms with E-state index in [4.69, 9.17) is 5.73 Å². The molecule has 1 aromatic carbocycles. The Kier molecular flexibility index (Phi) is 3.09. The number of aromatic nitrogens is 2. The number of hydrogen-bond donors (Lipinski definition) is 1. The van der Waals surface area contributed by atoms with Crippen LogP contribution in [0.5, 0.6) is 0 Å². The molecule has 19 heavy (non-hydrogen) atoms. The number of benzene rings is 1. The third-order valence-corrected chi connectivity index (χ3v) is 3.63. The van der Waals surface area contributed by atoms with Gasteiger partial charge in [-0.15, -0.1) is 0 Å². The number of rotatable bonds is 1. The van der Waals surface area contributed by atoms with Gasteiger partial charge in [-0.25, -0.2) is 9.97 Å². The summed E-state index contributed by atoms with van der Waals surface area (Å²) in [6.45, 7) is 0. The van der Waals surface area contributed by atoms with Crippen molar-refractivity contribution in [3.05, 3.63) is 48.0 Å². The van der Waals surface area contributed by atoms with Crippen molar-refractivity contribution in [2.45, 2.75) is 25.3 Å². The lowest BCUT2D eigenvalue weighted by molar-refractivity contribution is -0.119. The first-order valence-electron chi connectivity index (χ1n) is 6.40. The molecular weight excluding hydrogens is 238 g/mol. The third-order valence-electron chi connectivity index (χ3n) is 3.63. The quantitative estimate of drug-likeness (QED) is 0.782. The minimum Gasteiger partial charge on any atom is -0.321 e. The van der Waals surface area contributed by atoms with Crippen molar-refractivity contribution in [3.8, 4) is 11.1 Å². The first-order valence-corrected chi connectivity index (χ1v) is 6.40. The molecule has 1 aromatic heterocycles. The molecule has 4 nitrogen and oxygen atoms in total. The highest BCUT2D eigenvalue weighted by Crippen LogP contribution is 2.29. The molecule has 0 amide bonds. The number of fused-ring (bicyclic) bond motifs is 1. The van der Waals surface area contributed by atoms with E-state index in [1.165, 1.54) is 11.9 Å². The molecule has 0 saturated heterocycles. The van der Waals surface area contributed by atoms with E-state index in [1.807, 2.05) is 12.1 Å². The molecule has 0 spiro atoms. The molecule has 0 saturated carbocycles. The molecule has 0 radical (unpaired) electrons. The lowest BCUT2D eigenvalue weighted by Crippen LogP contribution is -2.30. The summed E-state index contributed by atoms with van der Waals surface area (Å²) in [5.74, 6) is 0.114. The van der Waals surface area contributed by atoms with Crippen molar-refractivity contribution in [1.82, 2.24) is 9.97 Å². The number of carbonyl (C=O) groups excluding carboxylic acids is 1. The van der Waals surface area contributed by atoms with Gasteiger partial charge in [-0.1, -0.05) is 18.2 Å². The van der Waals surface area contributed by atoms with Crippen LogP contribution in [0.2, 0.25) is 0 Å². The molecule has 0 fully saturated rings. The Hall–Kier alpha value is -2.07. The molecule has 2 aromatic rings. The van der Waals surface area contributed by atoms with Gasteiger partial charge in [-0.2, -0.15) is 0 Å². The van der Waals surface area contributed by atoms with Crippen LogP contribution in [0.4, 0.5) is 0 Å². The fourth-order valence-electron chi connectivity index (χ4n) is 2.56. The van der Waals surface area contributed by atoms with Gasteiger partial charge in [-0.3, -0.25) is 4.79 Å². The lowest BCUT2D eigenvalue weighted by atomic mass is 9.94. The lowest BCUT2D eigenvalue weighted by Gasteiger charge is -2.11. The highest BCUT2D eigenvalue weighted by molar-refractivity contribution is 5.89. The normalized spacial score (nSPS) is 18.8.